The van der Waals surface area contributed by atoms with Crippen LogP contribution in [0.25, 0.3) is 11.3 Å². The molecule has 3 aromatic rings. The van der Waals surface area contributed by atoms with Crippen LogP contribution in [-0.4, -0.2) is 37.8 Å². The van der Waals surface area contributed by atoms with E-state index in [2.05, 4.69) is 20.5 Å². The van der Waals surface area contributed by atoms with E-state index in [1.54, 1.807) is 6.92 Å². The Bertz CT molecular complexity index is 898. The summed E-state index contributed by atoms with van der Waals surface area (Å²) in [6.45, 7) is 5.64. The molecule has 0 bridgehead atoms. The van der Waals surface area contributed by atoms with E-state index >= 15 is 0 Å². The molecule has 142 valence electrons. The van der Waals surface area contributed by atoms with E-state index in [-0.39, 0.29) is 12.7 Å². The van der Waals surface area contributed by atoms with Gasteiger partial charge in [-0.25, -0.2) is 4.68 Å². The second-order valence-electron chi connectivity index (χ2n) is 6.82. The van der Waals surface area contributed by atoms with Gasteiger partial charge in [0, 0.05) is 12.2 Å². The Morgan fingerprint density at radius 3 is 2.93 bits per heavy atom. The quantitative estimate of drug-likeness (QED) is 0.659. The molecule has 0 aliphatic carbocycles. The summed E-state index contributed by atoms with van der Waals surface area (Å²) < 4.78 is 18.4. The third kappa shape index (κ3) is 4.33. The Morgan fingerprint density at radius 2 is 2.19 bits per heavy atom. The van der Waals surface area contributed by atoms with Gasteiger partial charge in [0.25, 0.3) is 5.89 Å². The van der Waals surface area contributed by atoms with Crippen LogP contribution in [0.15, 0.2) is 28.9 Å². The van der Waals surface area contributed by atoms with Crippen molar-refractivity contribution in [1.82, 2.24) is 25.1 Å². The van der Waals surface area contributed by atoms with Gasteiger partial charge in [0.05, 0.1) is 18.8 Å². The van der Waals surface area contributed by atoms with E-state index < -0.39 is 0 Å². The molecule has 1 saturated heterocycles. The molecule has 8 nitrogen and oxygen atoms in total. The molecule has 0 spiro atoms. The molecule has 27 heavy (non-hydrogen) atoms. The van der Waals surface area contributed by atoms with E-state index in [0.717, 1.165) is 48.6 Å². The highest BCUT2D eigenvalue weighted by Gasteiger charge is 2.16. The molecule has 1 aliphatic heterocycles. The van der Waals surface area contributed by atoms with Crippen LogP contribution >= 0.6 is 0 Å². The topological polar surface area (TPSA) is 88.1 Å². The van der Waals surface area contributed by atoms with Crippen LogP contribution in [0.1, 0.15) is 36.5 Å². The van der Waals surface area contributed by atoms with Crippen LogP contribution in [0.5, 0.6) is 5.75 Å². The normalized spacial score (nSPS) is 17.2. The first-order valence-electron chi connectivity index (χ1n) is 9.22. The lowest BCUT2D eigenvalue weighted by molar-refractivity contribution is 0.00370. The number of hydrogen-bond donors (Lipinski definition) is 0. The number of nitrogens with zero attached hydrogens (tertiary/aromatic N) is 5. The van der Waals surface area contributed by atoms with Crippen LogP contribution in [0, 0.1) is 13.8 Å². The maximum absolute atomic E-state index is 5.78. The summed E-state index contributed by atoms with van der Waals surface area (Å²) in [7, 11) is 0. The molecule has 8 heteroatoms. The number of ether oxygens (including phenoxy) is 2. The van der Waals surface area contributed by atoms with Crippen molar-refractivity contribution >= 4 is 0 Å². The van der Waals surface area contributed by atoms with Crippen molar-refractivity contribution < 1.29 is 14.0 Å². The van der Waals surface area contributed by atoms with E-state index in [4.69, 9.17) is 14.0 Å². The van der Waals surface area contributed by atoms with Gasteiger partial charge >= 0.3 is 0 Å². The maximum Gasteiger partial charge on any atom is 0.264 e. The van der Waals surface area contributed by atoms with Crippen molar-refractivity contribution in [2.45, 2.75) is 52.4 Å². The Kier molecular flexibility index (Phi) is 5.15. The van der Waals surface area contributed by atoms with E-state index in [1.165, 1.54) is 6.42 Å². The van der Waals surface area contributed by atoms with Crippen LogP contribution in [0.2, 0.25) is 0 Å². The molecule has 3 heterocycles. The maximum atomic E-state index is 5.78. The molecule has 1 atom stereocenters. The largest absolute Gasteiger partial charge is 0.484 e. The lowest BCUT2D eigenvalue weighted by Crippen LogP contribution is -2.24. The summed E-state index contributed by atoms with van der Waals surface area (Å²) in [5, 5.41) is 12.3. The second kappa shape index (κ2) is 7.87. The number of benzene rings is 1. The summed E-state index contributed by atoms with van der Waals surface area (Å²) in [6, 6.07) is 5.88. The SMILES string of the molecule is Cc1noc(COc2ccc(-c3cn(CC4CCCCO4)nn3)c(C)c2)n1. The molecule has 1 aliphatic rings. The molecule has 0 saturated carbocycles. The van der Waals surface area contributed by atoms with Gasteiger partial charge in [0.1, 0.15) is 11.4 Å². The monoisotopic (exact) mass is 369 g/mol. The first kappa shape index (κ1) is 17.7. The summed E-state index contributed by atoms with van der Waals surface area (Å²) >= 11 is 0. The lowest BCUT2D eigenvalue weighted by atomic mass is 10.1. The summed E-state index contributed by atoms with van der Waals surface area (Å²) in [4.78, 5) is 4.13. The molecule has 1 fully saturated rings. The molecule has 1 aromatic carbocycles. The van der Waals surface area contributed by atoms with Crippen LogP contribution in [-0.2, 0) is 17.9 Å². The lowest BCUT2D eigenvalue weighted by Gasteiger charge is -2.21. The minimum absolute atomic E-state index is 0.235. The van der Waals surface area contributed by atoms with Crippen molar-refractivity contribution in [3.8, 4) is 17.0 Å². The number of aromatic nitrogens is 5. The standard InChI is InChI=1S/C19H23N5O3/c1-13-9-15(26-12-19-20-14(2)22-27-19)6-7-17(13)18-11-24(23-21-18)10-16-5-3-4-8-25-16/h6-7,9,11,16H,3-5,8,10,12H2,1-2H3. The van der Waals surface area contributed by atoms with Crippen LogP contribution in [0.4, 0.5) is 0 Å². The zero-order valence-corrected chi connectivity index (χ0v) is 15.6. The molecule has 4 rings (SSSR count). The van der Waals surface area contributed by atoms with Crippen molar-refractivity contribution in [1.29, 1.82) is 0 Å². The predicted octanol–water partition coefficient (Wildman–Crippen LogP) is 3.09. The molecule has 2 aromatic heterocycles. The highest BCUT2D eigenvalue weighted by molar-refractivity contribution is 5.63. The number of hydrogen-bond acceptors (Lipinski definition) is 7. The van der Waals surface area contributed by atoms with Crippen molar-refractivity contribution in [3.63, 3.8) is 0 Å². The molecule has 1 unspecified atom stereocenters. The smallest absolute Gasteiger partial charge is 0.264 e. The van der Waals surface area contributed by atoms with E-state index in [0.29, 0.717) is 11.7 Å². The van der Waals surface area contributed by atoms with Crippen molar-refractivity contribution in [3.05, 3.63) is 41.7 Å². The average molecular weight is 369 g/mol. The van der Waals surface area contributed by atoms with Crippen molar-refractivity contribution in [2.75, 3.05) is 6.61 Å². The van der Waals surface area contributed by atoms with E-state index in [9.17, 15) is 0 Å². The van der Waals surface area contributed by atoms with Gasteiger partial charge in [-0.3, -0.25) is 0 Å². The third-order valence-corrected chi connectivity index (χ3v) is 4.61. The molecular weight excluding hydrogens is 346 g/mol. The van der Waals surface area contributed by atoms with Gasteiger partial charge in [-0.2, -0.15) is 4.98 Å². The first-order valence-corrected chi connectivity index (χ1v) is 9.22. The number of aryl methyl sites for hydroxylation is 2. The minimum Gasteiger partial charge on any atom is -0.484 e. The zero-order chi connectivity index (χ0) is 18.6. The van der Waals surface area contributed by atoms with Gasteiger partial charge in [0.15, 0.2) is 12.4 Å². The first-order chi connectivity index (χ1) is 13.2. The third-order valence-electron chi connectivity index (χ3n) is 4.61. The van der Waals surface area contributed by atoms with Crippen LogP contribution in [0.3, 0.4) is 0 Å². The fourth-order valence-electron chi connectivity index (χ4n) is 3.23. The Morgan fingerprint density at radius 1 is 1.26 bits per heavy atom. The minimum atomic E-state index is 0.235. The Hall–Kier alpha value is -2.74. The Balaban J connectivity index is 1.41. The fourth-order valence-corrected chi connectivity index (χ4v) is 3.23. The number of rotatable bonds is 6. The molecule has 0 amide bonds. The summed E-state index contributed by atoms with van der Waals surface area (Å²) in [6.07, 6.45) is 5.66. The predicted molar refractivity (Wildman–Crippen MR) is 97.2 cm³/mol. The summed E-state index contributed by atoms with van der Waals surface area (Å²) in [5.74, 6) is 1.80. The second-order valence-corrected chi connectivity index (χ2v) is 6.82. The highest BCUT2D eigenvalue weighted by Crippen LogP contribution is 2.26. The van der Waals surface area contributed by atoms with E-state index in [1.807, 2.05) is 36.0 Å². The average Bonchev–Trinajstić information content (AvgIpc) is 3.30. The fraction of sp³-hybridized carbons (Fsp3) is 0.474. The zero-order valence-electron chi connectivity index (χ0n) is 15.6. The van der Waals surface area contributed by atoms with Gasteiger partial charge in [-0.15, -0.1) is 5.10 Å². The summed E-state index contributed by atoms with van der Waals surface area (Å²) in [5.41, 5.74) is 2.95. The van der Waals surface area contributed by atoms with Gasteiger partial charge in [-0.05, 0) is 56.9 Å². The molecular formula is C19H23N5O3. The molecule has 0 radical (unpaired) electrons. The Labute approximate surface area is 157 Å². The van der Waals surface area contributed by atoms with Crippen LogP contribution < -0.4 is 4.74 Å². The van der Waals surface area contributed by atoms with Gasteiger partial charge < -0.3 is 14.0 Å². The molecule has 0 N–H and O–H groups in total. The van der Waals surface area contributed by atoms with Gasteiger partial charge in [-0.1, -0.05) is 10.4 Å². The van der Waals surface area contributed by atoms with Gasteiger partial charge in [0.2, 0.25) is 0 Å². The highest BCUT2D eigenvalue weighted by atomic mass is 16.5. The van der Waals surface area contributed by atoms with Crippen molar-refractivity contribution in [2.24, 2.45) is 0 Å².